The van der Waals surface area contributed by atoms with Crippen molar-refractivity contribution in [2.75, 3.05) is 0 Å². The molecule has 0 aliphatic heterocycles. The SMILES string of the molecule is CC(=O)/C=C(/C)O.Cc1cccc(C)c1-c1ccc[c-]c1-c1ccn(C)n1.[Pt]. The molecule has 0 atom stereocenters. The summed E-state index contributed by atoms with van der Waals surface area (Å²) in [7, 11) is 1.94. The van der Waals surface area contributed by atoms with Crippen molar-refractivity contribution in [1.29, 1.82) is 0 Å². The first-order valence-corrected chi connectivity index (χ1v) is 8.74. The van der Waals surface area contributed by atoms with E-state index in [0.29, 0.717) is 0 Å². The van der Waals surface area contributed by atoms with Crippen LogP contribution in [-0.4, -0.2) is 20.7 Å². The van der Waals surface area contributed by atoms with Crippen molar-refractivity contribution in [2.45, 2.75) is 27.7 Å². The third-order valence-electron chi connectivity index (χ3n) is 3.99. The van der Waals surface area contributed by atoms with Gasteiger partial charge < -0.3 is 5.11 Å². The van der Waals surface area contributed by atoms with E-state index < -0.39 is 0 Å². The Hall–Kier alpha value is -2.45. The van der Waals surface area contributed by atoms with E-state index >= 15 is 0 Å². The van der Waals surface area contributed by atoms with Crippen LogP contribution in [0.15, 0.2) is 60.5 Å². The van der Waals surface area contributed by atoms with Gasteiger partial charge in [-0.05, 0) is 27.7 Å². The summed E-state index contributed by atoms with van der Waals surface area (Å²) in [6.45, 7) is 7.15. The van der Waals surface area contributed by atoms with E-state index in [9.17, 15) is 4.79 Å². The normalized spacial score (nSPS) is 10.5. The van der Waals surface area contributed by atoms with Gasteiger partial charge in [0.25, 0.3) is 0 Å². The molecule has 2 aromatic carbocycles. The molecule has 0 fully saturated rings. The molecule has 0 spiro atoms. The molecule has 5 heteroatoms. The number of hydrogen-bond donors (Lipinski definition) is 1. The monoisotopic (exact) mass is 556 g/mol. The predicted molar refractivity (Wildman–Crippen MR) is 109 cm³/mol. The molecule has 0 saturated heterocycles. The number of carbonyl (C=O) groups excluding carboxylic acids is 1. The number of aliphatic hydroxyl groups is 1. The molecule has 28 heavy (non-hydrogen) atoms. The van der Waals surface area contributed by atoms with Gasteiger partial charge in [0.05, 0.1) is 5.76 Å². The van der Waals surface area contributed by atoms with Gasteiger partial charge in [0.15, 0.2) is 5.78 Å². The Labute approximate surface area is 181 Å². The van der Waals surface area contributed by atoms with Crippen LogP contribution in [0.2, 0.25) is 0 Å². The van der Waals surface area contributed by atoms with Crippen molar-refractivity contribution in [3.63, 3.8) is 0 Å². The first kappa shape index (κ1) is 23.6. The van der Waals surface area contributed by atoms with Gasteiger partial charge >= 0.3 is 0 Å². The number of benzene rings is 2. The number of aryl methyl sites for hydroxylation is 3. The second-order valence-corrected chi connectivity index (χ2v) is 6.50. The number of hydrogen-bond acceptors (Lipinski definition) is 3. The van der Waals surface area contributed by atoms with Gasteiger partial charge in [-0.2, -0.15) is 0 Å². The number of aliphatic hydroxyl groups excluding tert-OH is 1. The fourth-order valence-corrected chi connectivity index (χ4v) is 2.94. The maximum atomic E-state index is 10.0. The molecular weight excluding hydrogens is 531 g/mol. The second-order valence-electron chi connectivity index (χ2n) is 6.50. The van der Waals surface area contributed by atoms with Crippen molar-refractivity contribution < 1.29 is 31.0 Å². The zero-order valence-electron chi connectivity index (χ0n) is 16.8. The zero-order valence-corrected chi connectivity index (χ0v) is 19.0. The van der Waals surface area contributed by atoms with Crippen molar-refractivity contribution in [2.24, 2.45) is 7.05 Å². The number of ketones is 1. The number of aromatic nitrogens is 2. The van der Waals surface area contributed by atoms with Crippen molar-refractivity contribution in [3.8, 4) is 22.4 Å². The quantitative estimate of drug-likeness (QED) is 0.274. The molecule has 0 aliphatic carbocycles. The van der Waals surface area contributed by atoms with E-state index in [2.05, 4.69) is 49.3 Å². The third-order valence-corrected chi connectivity index (χ3v) is 3.99. The molecule has 0 bridgehead atoms. The van der Waals surface area contributed by atoms with Gasteiger partial charge in [-0.15, -0.1) is 29.8 Å². The summed E-state index contributed by atoms with van der Waals surface area (Å²) in [5.41, 5.74) is 7.06. The van der Waals surface area contributed by atoms with E-state index in [1.165, 1.54) is 42.2 Å². The number of allylic oxidation sites excluding steroid dienone is 2. The average molecular weight is 557 g/mol. The summed E-state index contributed by atoms with van der Waals surface area (Å²) in [5.74, 6) is -0.0625. The average Bonchev–Trinajstić information content (AvgIpc) is 3.01. The first-order chi connectivity index (χ1) is 12.8. The van der Waals surface area contributed by atoms with Gasteiger partial charge in [-0.1, -0.05) is 46.5 Å². The molecule has 0 unspecified atom stereocenters. The van der Waals surface area contributed by atoms with Gasteiger partial charge in [0.2, 0.25) is 0 Å². The number of nitrogens with zero attached hydrogens (tertiary/aromatic N) is 2. The molecule has 1 N–H and O–H groups in total. The Balaban J connectivity index is 0.000000425. The number of rotatable bonds is 3. The van der Waals surface area contributed by atoms with Crippen LogP contribution in [0.5, 0.6) is 0 Å². The molecule has 1 aromatic heterocycles. The maximum absolute atomic E-state index is 10.0. The first-order valence-electron chi connectivity index (χ1n) is 8.74. The molecule has 3 aromatic rings. The predicted octanol–water partition coefficient (Wildman–Crippen LogP) is 5.21. The summed E-state index contributed by atoms with van der Waals surface area (Å²) < 4.78 is 1.82. The van der Waals surface area contributed by atoms with E-state index in [0.717, 1.165) is 11.3 Å². The standard InChI is InChI=1S/C18H17N2.C5H8O2.Pt/c1-13-7-6-8-14(2)18(13)16-10-5-4-9-15(16)17-11-12-20(3)19-17;1-4(6)3-5(2)7;/h4-8,10-12H,1-3H3;3,6H,1-2H3;/q-1;;/b;4-3-;. The van der Waals surface area contributed by atoms with Crippen LogP contribution in [0.25, 0.3) is 22.4 Å². The van der Waals surface area contributed by atoms with Crippen LogP contribution in [-0.2, 0) is 32.9 Å². The van der Waals surface area contributed by atoms with Gasteiger partial charge in [-0.3, -0.25) is 9.48 Å². The van der Waals surface area contributed by atoms with Gasteiger partial charge in [-0.25, -0.2) is 5.10 Å². The topological polar surface area (TPSA) is 55.1 Å². The maximum Gasteiger partial charge on any atom is 0.155 e. The van der Waals surface area contributed by atoms with E-state index in [4.69, 9.17) is 5.11 Å². The molecular formula is C23H25N2O2Pt-. The Morgan fingerprint density at radius 3 is 2.21 bits per heavy atom. The third kappa shape index (κ3) is 6.31. The van der Waals surface area contributed by atoms with Crippen LogP contribution < -0.4 is 0 Å². The van der Waals surface area contributed by atoms with Crippen LogP contribution >= 0.6 is 0 Å². The molecule has 1 heterocycles. The van der Waals surface area contributed by atoms with E-state index in [1.54, 1.807) is 0 Å². The minimum atomic E-state index is -0.125. The minimum absolute atomic E-state index is 0. The molecule has 4 nitrogen and oxygen atoms in total. The summed E-state index contributed by atoms with van der Waals surface area (Å²) in [6, 6.07) is 17.9. The van der Waals surface area contributed by atoms with Crippen LogP contribution in [0, 0.1) is 19.9 Å². The molecule has 150 valence electrons. The van der Waals surface area contributed by atoms with Crippen molar-refractivity contribution in [3.05, 3.63) is 77.7 Å². The Morgan fingerprint density at radius 1 is 1.11 bits per heavy atom. The van der Waals surface area contributed by atoms with Gasteiger partial charge in [0.1, 0.15) is 0 Å². The summed E-state index contributed by atoms with van der Waals surface area (Å²) in [4.78, 5) is 10.0. The zero-order chi connectivity index (χ0) is 20.0. The van der Waals surface area contributed by atoms with Crippen molar-refractivity contribution in [1.82, 2.24) is 9.78 Å². The van der Waals surface area contributed by atoms with Crippen LogP contribution in [0.4, 0.5) is 0 Å². The molecule has 0 radical (unpaired) electrons. The second kappa shape index (κ2) is 10.8. The largest absolute Gasteiger partial charge is 0.512 e. The smallest absolute Gasteiger partial charge is 0.155 e. The molecule has 0 amide bonds. The fourth-order valence-electron chi connectivity index (χ4n) is 2.94. The van der Waals surface area contributed by atoms with Crippen LogP contribution in [0.3, 0.4) is 0 Å². The molecule has 0 saturated carbocycles. The Morgan fingerprint density at radius 2 is 1.75 bits per heavy atom. The Bertz CT molecular complexity index is 950. The minimum Gasteiger partial charge on any atom is -0.512 e. The number of carbonyl (C=O) groups is 1. The molecule has 3 rings (SSSR count). The van der Waals surface area contributed by atoms with E-state index in [-0.39, 0.29) is 32.6 Å². The summed E-state index contributed by atoms with van der Waals surface area (Å²) >= 11 is 0. The van der Waals surface area contributed by atoms with Gasteiger partial charge in [0, 0.05) is 46.1 Å². The van der Waals surface area contributed by atoms with E-state index in [1.807, 2.05) is 36.1 Å². The summed E-state index contributed by atoms with van der Waals surface area (Å²) in [6.07, 6.45) is 3.13. The fraction of sp³-hybridized carbons (Fsp3) is 0.217. The Kier molecular flexibility index (Phi) is 9.07. The van der Waals surface area contributed by atoms with Crippen LogP contribution in [0.1, 0.15) is 25.0 Å². The van der Waals surface area contributed by atoms with Crippen molar-refractivity contribution >= 4 is 5.78 Å². The summed E-state index contributed by atoms with van der Waals surface area (Å²) in [5, 5.41) is 12.9. The molecule has 0 aliphatic rings.